The highest BCUT2D eigenvalue weighted by Gasteiger charge is 2.08. The summed E-state index contributed by atoms with van der Waals surface area (Å²) in [5.41, 5.74) is 0. The lowest BCUT2D eigenvalue weighted by molar-refractivity contribution is 0.413. The first-order chi connectivity index (χ1) is 11.8. The molecule has 0 fully saturated rings. The Morgan fingerprint density at radius 3 is 1.17 bits per heavy atom. The first kappa shape index (κ1) is 24.2. The molecule has 0 aliphatic heterocycles. The highest BCUT2D eigenvalue weighted by Crippen LogP contribution is 2.15. The molecular formula is C22H47OSi. The van der Waals surface area contributed by atoms with Gasteiger partial charge in [-0.3, -0.25) is 0 Å². The Kier molecular flexibility index (Phi) is 21.4. The zero-order chi connectivity index (χ0) is 17.7. The number of unbranched alkanes of at least 4 members (excludes halogenated alkanes) is 15. The first-order valence-corrected chi connectivity index (χ1v) is 13.1. The molecule has 1 nitrogen and oxygen atoms in total. The van der Waals surface area contributed by atoms with Crippen molar-refractivity contribution in [3.63, 3.8) is 0 Å². The van der Waals surface area contributed by atoms with Crippen LogP contribution in [-0.4, -0.2) is 16.2 Å². The smallest absolute Gasteiger partial charge is 0.210 e. The number of rotatable bonds is 20. The van der Waals surface area contributed by atoms with Crippen LogP contribution in [0, 0.1) is 0 Å². The lowest BCUT2D eigenvalue weighted by Gasteiger charge is -2.10. The molecule has 0 rings (SSSR count). The monoisotopic (exact) mass is 355 g/mol. The van der Waals surface area contributed by atoms with E-state index in [0.717, 1.165) is 0 Å². The molecule has 0 atom stereocenters. The van der Waals surface area contributed by atoms with E-state index < -0.39 is 9.04 Å². The van der Waals surface area contributed by atoms with Gasteiger partial charge < -0.3 is 4.43 Å². The third-order valence-electron chi connectivity index (χ3n) is 5.13. The number of hydrogen-bond donors (Lipinski definition) is 0. The number of hydrogen-bond acceptors (Lipinski definition) is 1. The molecule has 24 heavy (non-hydrogen) atoms. The Morgan fingerprint density at radius 1 is 0.458 bits per heavy atom. The third kappa shape index (κ3) is 18.5. The van der Waals surface area contributed by atoms with Crippen LogP contribution in [0.2, 0.25) is 12.1 Å². The molecule has 0 spiro atoms. The summed E-state index contributed by atoms with van der Waals surface area (Å²) in [6.45, 7) is 4.57. The summed E-state index contributed by atoms with van der Waals surface area (Å²) in [5, 5.41) is 0. The summed E-state index contributed by atoms with van der Waals surface area (Å²) in [5.74, 6) is 0. The third-order valence-corrected chi connectivity index (χ3v) is 7.67. The molecule has 0 aromatic heterocycles. The minimum atomic E-state index is -0.454. The van der Waals surface area contributed by atoms with Crippen molar-refractivity contribution in [3.8, 4) is 0 Å². The van der Waals surface area contributed by atoms with Crippen molar-refractivity contribution in [2.24, 2.45) is 0 Å². The average molecular weight is 356 g/mol. The van der Waals surface area contributed by atoms with E-state index in [9.17, 15) is 0 Å². The van der Waals surface area contributed by atoms with Crippen LogP contribution in [-0.2, 0) is 4.43 Å². The van der Waals surface area contributed by atoms with Gasteiger partial charge in [-0.15, -0.1) is 0 Å². The van der Waals surface area contributed by atoms with Crippen LogP contribution in [0.1, 0.15) is 123 Å². The molecule has 0 aliphatic carbocycles. The summed E-state index contributed by atoms with van der Waals surface area (Å²) in [6.07, 6.45) is 24.6. The van der Waals surface area contributed by atoms with Crippen LogP contribution in [0.15, 0.2) is 0 Å². The van der Waals surface area contributed by atoms with Crippen molar-refractivity contribution in [2.45, 2.75) is 135 Å². The van der Waals surface area contributed by atoms with Gasteiger partial charge in [0.05, 0.1) is 0 Å². The minimum absolute atomic E-state index is 0.454. The van der Waals surface area contributed by atoms with Crippen molar-refractivity contribution < 1.29 is 4.43 Å². The Morgan fingerprint density at radius 2 is 0.833 bits per heavy atom. The molecule has 0 unspecified atom stereocenters. The van der Waals surface area contributed by atoms with E-state index in [4.69, 9.17) is 4.43 Å². The largest absolute Gasteiger partial charge is 0.420 e. The van der Waals surface area contributed by atoms with E-state index in [0.29, 0.717) is 0 Å². The Balaban J connectivity index is 3.07. The molecule has 0 bridgehead atoms. The molecule has 0 saturated carbocycles. The Labute approximate surface area is 156 Å². The second-order valence-corrected chi connectivity index (χ2v) is 10.0. The second kappa shape index (κ2) is 21.2. The minimum Gasteiger partial charge on any atom is -0.420 e. The van der Waals surface area contributed by atoms with Gasteiger partial charge in [0, 0.05) is 7.11 Å². The lowest BCUT2D eigenvalue weighted by Crippen LogP contribution is -2.14. The predicted octanol–water partition coefficient (Wildman–Crippen LogP) is 8.30. The molecule has 0 amide bonds. The average Bonchev–Trinajstić information content (AvgIpc) is 2.60. The van der Waals surface area contributed by atoms with Gasteiger partial charge in [0.25, 0.3) is 0 Å². The topological polar surface area (TPSA) is 9.23 Å². The Hall–Kier alpha value is 0.177. The molecule has 0 aliphatic rings. The van der Waals surface area contributed by atoms with Crippen molar-refractivity contribution in [1.29, 1.82) is 0 Å². The SMILES string of the molecule is CCCCCCCCCCCCCCCCCC[Si](CCC)OC. The fraction of sp³-hybridized carbons (Fsp3) is 1.00. The summed E-state index contributed by atoms with van der Waals surface area (Å²) in [4.78, 5) is 0. The van der Waals surface area contributed by atoms with E-state index in [2.05, 4.69) is 13.8 Å². The van der Waals surface area contributed by atoms with Gasteiger partial charge in [-0.05, 0) is 12.1 Å². The molecule has 0 aromatic carbocycles. The summed E-state index contributed by atoms with van der Waals surface area (Å²) in [7, 11) is 1.46. The van der Waals surface area contributed by atoms with Crippen molar-refractivity contribution in [2.75, 3.05) is 7.11 Å². The molecular weight excluding hydrogens is 308 g/mol. The van der Waals surface area contributed by atoms with Gasteiger partial charge in [-0.25, -0.2) is 0 Å². The van der Waals surface area contributed by atoms with Crippen LogP contribution in [0.4, 0.5) is 0 Å². The summed E-state index contributed by atoms with van der Waals surface area (Å²) < 4.78 is 5.62. The zero-order valence-electron chi connectivity index (χ0n) is 17.3. The normalized spacial score (nSPS) is 11.5. The van der Waals surface area contributed by atoms with Gasteiger partial charge in [-0.2, -0.15) is 0 Å². The van der Waals surface area contributed by atoms with Crippen LogP contribution in [0.5, 0.6) is 0 Å². The van der Waals surface area contributed by atoms with Crippen LogP contribution < -0.4 is 0 Å². The molecule has 145 valence electrons. The van der Waals surface area contributed by atoms with Gasteiger partial charge in [0.15, 0.2) is 0 Å². The quantitative estimate of drug-likeness (QED) is 0.158. The van der Waals surface area contributed by atoms with Gasteiger partial charge in [0.1, 0.15) is 0 Å². The van der Waals surface area contributed by atoms with E-state index >= 15 is 0 Å². The molecule has 0 N–H and O–H groups in total. The van der Waals surface area contributed by atoms with E-state index in [-0.39, 0.29) is 0 Å². The molecule has 0 heterocycles. The van der Waals surface area contributed by atoms with Crippen molar-refractivity contribution in [3.05, 3.63) is 0 Å². The summed E-state index contributed by atoms with van der Waals surface area (Å²) in [6, 6.07) is 2.70. The molecule has 2 heteroatoms. The molecule has 0 aromatic rings. The maximum absolute atomic E-state index is 5.62. The fourth-order valence-corrected chi connectivity index (χ4v) is 5.34. The van der Waals surface area contributed by atoms with Crippen LogP contribution in [0.25, 0.3) is 0 Å². The van der Waals surface area contributed by atoms with Crippen molar-refractivity contribution >= 4 is 9.04 Å². The fourth-order valence-electron chi connectivity index (χ4n) is 3.48. The highest BCUT2D eigenvalue weighted by atomic mass is 28.3. The van der Waals surface area contributed by atoms with E-state index in [1.807, 2.05) is 7.11 Å². The van der Waals surface area contributed by atoms with Gasteiger partial charge in [0.2, 0.25) is 9.04 Å². The van der Waals surface area contributed by atoms with E-state index in [1.54, 1.807) is 0 Å². The Bertz CT molecular complexity index is 220. The first-order valence-electron chi connectivity index (χ1n) is 11.2. The van der Waals surface area contributed by atoms with Crippen LogP contribution in [0.3, 0.4) is 0 Å². The molecule has 1 radical (unpaired) electrons. The lowest BCUT2D eigenvalue weighted by atomic mass is 10.0. The second-order valence-electron chi connectivity index (χ2n) is 7.55. The van der Waals surface area contributed by atoms with E-state index in [1.165, 1.54) is 121 Å². The highest BCUT2D eigenvalue weighted by molar-refractivity contribution is 6.51. The zero-order valence-corrected chi connectivity index (χ0v) is 18.3. The van der Waals surface area contributed by atoms with Gasteiger partial charge in [-0.1, -0.05) is 123 Å². The van der Waals surface area contributed by atoms with Crippen LogP contribution >= 0.6 is 0 Å². The molecule has 0 saturated heterocycles. The summed E-state index contributed by atoms with van der Waals surface area (Å²) >= 11 is 0. The van der Waals surface area contributed by atoms with Gasteiger partial charge >= 0.3 is 0 Å². The maximum atomic E-state index is 5.62. The maximum Gasteiger partial charge on any atom is 0.210 e. The predicted molar refractivity (Wildman–Crippen MR) is 112 cm³/mol. The standard InChI is InChI=1S/C22H47OSi/c1-4-6-7-8-9-10-11-12-13-14-15-16-17-18-19-20-22-24(23-3)21-5-2/h4-22H2,1-3H3. The van der Waals surface area contributed by atoms with Crippen molar-refractivity contribution in [1.82, 2.24) is 0 Å².